The van der Waals surface area contributed by atoms with Crippen molar-refractivity contribution in [3.8, 4) is 0 Å². The number of aromatic amines is 1. The lowest BCUT2D eigenvalue weighted by atomic mass is 10.0. The van der Waals surface area contributed by atoms with Gasteiger partial charge in [-0.2, -0.15) is 5.10 Å². The highest BCUT2D eigenvalue weighted by atomic mass is 16.5. The van der Waals surface area contributed by atoms with E-state index in [-0.39, 0.29) is 17.9 Å². The molecule has 0 spiro atoms. The van der Waals surface area contributed by atoms with Crippen molar-refractivity contribution in [2.75, 3.05) is 33.9 Å². The van der Waals surface area contributed by atoms with E-state index in [4.69, 9.17) is 4.74 Å². The molecule has 1 aliphatic rings. The summed E-state index contributed by atoms with van der Waals surface area (Å²) in [7, 11) is 5.48. The highest BCUT2D eigenvalue weighted by molar-refractivity contribution is 5.98. The van der Waals surface area contributed by atoms with Crippen molar-refractivity contribution in [1.82, 2.24) is 24.6 Å². The lowest BCUT2D eigenvalue weighted by Crippen LogP contribution is -2.49. The number of aromatic nitrogens is 3. The first-order valence-corrected chi connectivity index (χ1v) is 9.63. The minimum absolute atomic E-state index is 0.0289. The Morgan fingerprint density at radius 1 is 1.31 bits per heavy atom. The Kier molecular flexibility index (Phi) is 5.10. The highest BCUT2D eigenvalue weighted by Crippen LogP contribution is 2.26. The number of morpholine rings is 1. The number of rotatable bonds is 4. The number of nitrogens with zero attached hydrogens (tertiary/aromatic N) is 4. The molecule has 8 nitrogen and oxygen atoms in total. The molecule has 3 aromatic rings. The molecule has 1 aliphatic heterocycles. The maximum atomic E-state index is 12.9. The Hall–Kier alpha value is -3.13. The van der Waals surface area contributed by atoms with Crippen molar-refractivity contribution in [2.24, 2.45) is 7.05 Å². The van der Waals surface area contributed by atoms with Crippen LogP contribution in [-0.2, 0) is 18.2 Å². The van der Waals surface area contributed by atoms with E-state index in [2.05, 4.69) is 21.0 Å². The standard InChI is InChI=1S/C21H25N5O3/c1-24(2)20(27)14-4-5-19-17(11-14)15(12-25(19)3)10-16-13-29-9-8-26(16)21(28)18-6-7-22-23-18/h4-7,11-12,16H,8-10,13H2,1-3H3,(H,22,23)/t16-/m0/s1. The van der Waals surface area contributed by atoms with E-state index in [0.29, 0.717) is 37.4 Å². The molecule has 0 unspecified atom stereocenters. The molecule has 4 rings (SSSR count). The van der Waals surface area contributed by atoms with Crippen LogP contribution in [0.1, 0.15) is 26.4 Å². The zero-order valence-corrected chi connectivity index (χ0v) is 16.9. The molecule has 3 heterocycles. The van der Waals surface area contributed by atoms with Gasteiger partial charge in [-0.25, -0.2) is 0 Å². The number of hydrogen-bond acceptors (Lipinski definition) is 4. The molecule has 8 heteroatoms. The van der Waals surface area contributed by atoms with E-state index in [1.54, 1.807) is 31.3 Å². The molecule has 0 saturated carbocycles. The Morgan fingerprint density at radius 3 is 2.86 bits per heavy atom. The monoisotopic (exact) mass is 395 g/mol. The number of fused-ring (bicyclic) bond motifs is 1. The SMILES string of the molecule is CN(C)C(=O)c1ccc2c(c1)c(C[C@H]1COCCN1C(=O)c1ccn[nH]1)cn2C. The number of aryl methyl sites for hydroxylation is 1. The summed E-state index contributed by atoms with van der Waals surface area (Å²) in [5.41, 5.74) is 3.28. The fourth-order valence-electron chi connectivity index (χ4n) is 3.90. The first-order chi connectivity index (χ1) is 14.0. The van der Waals surface area contributed by atoms with Gasteiger partial charge in [0.05, 0.1) is 19.3 Å². The Balaban J connectivity index is 1.65. The zero-order valence-electron chi connectivity index (χ0n) is 16.9. The summed E-state index contributed by atoms with van der Waals surface area (Å²) >= 11 is 0. The molecule has 0 radical (unpaired) electrons. The summed E-state index contributed by atoms with van der Waals surface area (Å²) in [5, 5.41) is 7.67. The second-order valence-electron chi connectivity index (χ2n) is 7.60. The number of nitrogens with one attached hydrogen (secondary N) is 1. The van der Waals surface area contributed by atoms with Crippen molar-refractivity contribution in [1.29, 1.82) is 0 Å². The molecule has 1 N–H and O–H groups in total. The van der Waals surface area contributed by atoms with Crippen LogP contribution in [0, 0.1) is 0 Å². The minimum Gasteiger partial charge on any atom is -0.377 e. The van der Waals surface area contributed by atoms with Crippen LogP contribution in [0.3, 0.4) is 0 Å². The third-order valence-corrected chi connectivity index (χ3v) is 5.40. The van der Waals surface area contributed by atoms with Gasteiger partial charge in [-0.15, -0.1) is 0 Å². The number of H-pyrrole nitrogens is 1. The van der Waals surface area contributed by atoms with E-state index < -0.39 is 0 Å². The molecule has 2 amide bonds. The molecule has 0 bridgehead atoms. The van der Waals surface area contributed by atoms with Crippen molar-refractivity contribution in [3.63, 3.8) is 0 Å². The molecule has 29 heavy (non-hydrogen) atoms. The largest absolute Gasteiger partial charge is 0.377 e. The van der Waals surface area contributed by atoms with E-state index >= 15 is 0 Å². The van der Waals surface area contributed by atoms with Gasteiger partial charge in [-0.1, -0.05) is 0 Å². The van der Waals surface area contributed by atoms with Crippen LogP contribution in [-0.4, -0.2) is 76.3 Å². The van der Waals surface area contributed by atoms with Crippen molar-refractivity contribution in [3.05, 3.63) is 53.5 Å². The Morgan fingerprint density at radius 2 is 2.14 bits per heavy atom. The van der Waals surface area contributed by atoms with Crippen LogP contribution in [0.4, 0.5) is 0 Å². The highest BCUT2D eigenvalue weighted by Gasteiger charge is 2.29. The third kappa shape index (κ3) is 3.63. The third-order valence-electron chi connectivity index (χ3n) is 5.40. The lowest BCUT2D eigenvalue weighted by molar-refractivity contribution is -0.00187. The van der Waals surface area contributed by atoms with Gasteiger partial charge in [0, 0.05) is 56.5 Å². The number of carbonyl (C=O) groups is 2. The molecule has 0 aliphatic carbocycles. The van der Waals surface area contributed by atoms with Crippen LogP contribution in [0.15, 0.2) is 36.7 Å². The van der Waals surface area contributed by atoms with Crippen molar-refractivity contribution in [2.45, 2.75) is 12.5 Å². The maximum absolute atomic E-state index is 12.9. The molecule has 2 aromatic heterocycles. The number of benzene rings is 1. The smallest absolute Gasteiger partial charge is 0.272 e. The molecular formula is C21H25N5O3. The van der Waals surface area contributed by atoms with Crippen LogP contribution >= 0.6 is 0 Å². The van der Waals surface area contributed by atoms with Gasteiger partial charge in [-0.3, -0.25) is 14.7 Å². The predicted octanol–water partition coefficient (Wildman–Crippen LogP) is 1.69. The normalized spacial score (nSPS) is 16.9. The van der Waals surface area contributed by atoms with Crippen LogP contribution < -0.4 is 0 Å². The molecule has 1 atom stereocenters. The second-order valence-corrected chi connectivity index (χ2v) is 7.60. The molecule has 1 saturated heterocycles. The summed E-state index contributed by atoms with van der Waals surface area (Å²) < 4.78 is 7.73. The average Bonchev–Trinajstić information content (AvgIpc) is 3.36. The van der Waals surface area contributed by atoms with E-state index in [0.717, 1.165) is 16.5 Å². The van der Waals surface area contributed by atoms with Crippen molar-refractivity contribution >= 4 is 22.7 Å². The zero-order chi connectivity index (χ0) is 20.5. The van der Waals surface area contributed by atoms with Gasteiger partial charge in [0.2, 0.25) is 0 Å². The minimum atomic E-state index is -0.0849. The fraction of sp³-hybridized carbons (Fsp3) is 0.381. The number of hydrogen-bond donors (Lipinski definition) is 1. The van der Waals surface area contributed by atoms with E-state index in [1.165, 1.54) is 0 Å². The van der Waals surface area contributed by atoms with Gasteiger partial charge in [0.1, 0.15) is 5.69 Å². The van der Waals surface area contributed by atoms with Gasteiger partial charge >= 0.3 is 0 Å². The topological polar surface area (TPSA) is 83.5 Å². The maximum Gasteiger partial charge on any atom is 0.272 e. The van der Waals surface area contributed by atoms with Crippen LogP contribution in [0.5, 0.6) is 0 Å². The summed E-state index contributed by atoms with van der Waals surface area (Å²) in [6.45, 7) is 1.54. The van der Waals surface area contributed by atoms with E-state index in [9.17, 15) is 9.59 Å². The quantitative estimate of drug-likeness (QED) is 0.729. The number of carbonyl (C=O) groups excluding carboxylic acids is 2. The molecule has 152 valence electrons. The summed E-state index contributed by atoms with van der Waals surface area (Å²) in [6.07, 6.45) is 4.30. The first-order valence-electron chi connectivity index (χ1n) is 9.63. The van der Waals surface area contributed by atoms with Crippen LogP contribution in [0.25, 0.3) is 10.9 Å². The lowest BCUT2D eigenvalue weighted by Gasteiger charge is -2.35. The average molecular weight is 395 g/mol. The first kappa shape index (κ1) is 19.2. The van der Waals surface area contributed by atoms with Gasteiger partial charge in [0.15, 0.2) is 0 Å². The Labute approximate surface area is 169 Å². The van der Waals surface area contributed by atoms with Gasteiger partial charge in [0.25, 0.3) is 11.8 Å². The van der Waals surface area contributed by atoms with Gasteiger partial charge in [-0.05, 0) is 36.2 Å². The predicted molar refractivity (Wildman–Crippen MR) is 109 cm³/mol. The van der Waals surface area contributed by atoms with Crippen molar-refractivity contribution < 1.29 is 14.3 Å². The molecule has 1 aromatic carbocycles. The fourth-order valence-corrected chi connectivity index (χ4v) is 3.90. The second kappa shape index (κ2) is 7.71. The Bertz CT molecular complexity index is 1040. The number of ether oxygens (including phenoxy) is 1. The molecular weight excluding hydrogens is 370 g/mol. The summed E-state index contributed by atoms with van der Waals surface area (Å²) in [5.74, 6) is -0.0988. The van der Waals surface area contributed by atoms with Crippen LogP contribution in [0.2, 0.25) is 0 Å². The summed E-state index contributed by atoms with van der Waals surface area (Å²) in [4.78, 5) is 28.7. The van der Waals surface area contributed by atoms with Gasteiger partial charge < -0.3 is 19.1 Å². The number of amides is 2. The summed E-state index contributed by atoms with van der Waals surface area (Å²) in [6, 6.07) is 7.37. The van der Waals surface area contributed by atoms with E-state index in [1.807, 2.05) is 30.1 Å². The molecule has 1 fully saturated rings.